The fraction of sp³-hybridized carbons (Fsp3) is 0.484. The van der Waals surface area contributed by atoms with Crippen LogP contribution in [0.4, 0.5) is 8.78 Å². The minimum Gasteiger partial charge on any atom is -0.474 e. The molecule has 41 heavy (non-hydrogen) atoms. The van der Waals surface area contributed by atoms with Gasteiger partial charge in [-0.2, -0.15) is 0 Å². The summed E-state index contributed by atoms with van der Waals surface area (Å²) < 4.78 is 37.8. The van der Waals surface area contributed by atoms with Crippen molar-refractivity contribution in [2.75, 3.05) is 32.7 Å². The van der Waals surface area contributed by atoms with E-state index in [1.54, 1.807) is 18.2 Å². The van der Waals surface area contributed by atoms with E-state index in [2.05, 4.69) is 15.5 Å². The van der Waals surface area contributed by atoms with E-state index in [1.807, 2.05) is 36.4 Å². The van der Waals surface area contributed by atoms with Gasteiger partial charge in [0.25, 0.3) is 5.91 Å². The molecule has 0 radical (unpaired) electrons. The molecule has 0 saturated carbocycles. The van der Waals surface area contributed by atoms with Crippen LogP contribution in [-0.4, -0.2) is 65.2 Å². The molecule has 2 N–H and O–H groups in total. The van der Waals surface area contributed by atoms with Gasteiger partial charge in [0.2, 0.25) is 5.88 Å². The van der Waals surface area contributed by atoms with Crippen LogP contribution in [0.1, 0.15) is 67.9 Å². The van der Waals surface area contributed by atoms with E-state index in [1.165, 1.54) is 11.3 Å². The number of halogens is 2. The highest BCUT2D eigenvalue weighted by molar-refractivity contribution is 7.23. The Kier molecular flexibility index (Phi) is 8.23. The number of alkyl halides is 1. The van der Waals surface area contributed by atoms with Gasteiger partial charge in [-0.25, -0.2) is 13.8 Å². The summed E-state index contributed by atoms with van der Waals surface area (Å²) >= 11 is 1.45. The van der Waals surface area contributed by atoms with Crippen LogP contribution in [0, 0.1) is 5.82 Å². The molecule has 2 aliphatic rings. The maximum absolute atomic E-state index is 15.5. The van der Waals surface area contributed by atoms with Crippen molar-refractivity contribution >= 4 is 32.4 Å². The van der Waals surface area contributed by atoms with E-state index in [9.17, 15) is 9.18 Å². The lowest BCUT2D eigenvalue weighted by Gasteiger charge is -2.28. The number of carbonyl (C=O) groups is 1. The standard InChI is InChI=1S/C31H37F2N5O2S/c1-19(2)40-30-28(23-8-6-20(17-24(23)33)25-5-3-12-34-25)36-31-38(30)26-9-7-21(18-27(26)41-31)29(39)35-13-4-14-37-15-10-22(32)11-16-37/h6-9,17-19,22,25,34H,3-5,10-16H2,1-2H3,(H,35,39)/t25-/m0/s1. The average molecular weight is 582 g/mol. The number of amides is 1. The number of thiazole rings is 1. The van der Waals surface area contributed by atoms with Gasteiger partial charge in [0.1, 0.15) is 17.7 Å². The van der Waals surface area contributed by atoms with E-state index < -0.39 is 6.17 Å². The third kappa shape index (κ3) is 5.96. The monoisotopic (exact) mass is 581 g/mol. The second kappa shape index (κ2) is 12.0. The summed E-state index contributed by atoms with van der Waals surface area (Å²) in [5.74, 6) is 0.0604. The smallest absolute Gasteiger partial charge is 0.251 e. The van der Waals surface area contributed by atoms with E-state index in [0.717, 1.165) is 61.2 Å². The number of likely N-dealkylation sites (tertiary alicyclic amines) is 1. The van der Waals surface area contributed by atoms with Crippen molar-refractivity contribution in [2.45, 2.75) is 64.3 Å². The number of nitrogens with one attached hydrogen (secondary N) is 2. The molecule has 2 aliphatic heterocycles. The Hall–Kier alpha value is -3.08. The fourth-order valence-corrected chi connectivity index (χ4v) is 6.89. The van der Waals surface area contributed by atoms with Gasteiger partial charge in [-0.05, 0) is 94.9 Å². The number of carbonyl (C=O) groups excluding carboxylic acids is 1. The van der Waals surface area contributed by atoms with Crippen molar-refractivity contribution < 1.29 is 18.3 Å². The summed E-state index contributed by atoms with van der Waals surface area (Å²) in [5, 5.41) is 6.43. The van der Waals surface area contributed by atoms with Gasteiger partial charge >= 0.3 is 0 Å². The van der Waals surface area contributed by atoms with Crippen LogP contribution in [0.5, 0.6) is 5.88 Å². The molecule has 1 atom stereocenters. The fourth-order valence-electron chi connectivity index (χ4n) is 5.84. The minimum absolute atomic E-state index is 0.126. The number of fused-ring (bicyclic) bond motifs is 3. The van der Waals surface area contributed by atoms with E-state index in [-0.39, 0.29) is 23.9 Å². The molecule has 0 spiro atoms. The molecule has 4 aromatic rings. The molecule has 7 nitrogen and oxygen atoms in total. The topological polar surface area (TPSA) is 70.9 Å². The Bertz CT molecular complexity index is 1540. The Balaban J connectivity index is 1.21. The highest BCUT2D eigenvalue weighted by Crippen LogP contribution is 2.40. The van der Waals surface area contributed by atoms with Crippen molar-refractivity contribution in [1.29, 1.82) is 0 Å². The first-order chi connectivity index (χ1) is 19.9. The maximum atomic E-state index is 15.5. The summed E-state index contributed by atoms with van der Waals surface area (Å²) in [7, 11) is 0. The van der Waals surface area contributed by atoms with Crippen molar-refractivity contribution in [3.63, 3.8) is 0 Å². The van der Waals surface area contributed by atoms with Crippen LogP contribution < -0.4 is 15.4 Å². The van der Waals surface area contributed by atoms with Crippen LogP contribution in [0.15, 0.2) is 36.4 Å². The molecule has 0 bridgehead atoms. The number of benzene rings is 2. The predicted molar refractivity (Wildman–Crippen MR) is 159 cm³/mol. The molecule has 218 valence electrons. The lowest BCUT2D eigenvalue weighted by atomic mass is 10.0. The highest BCUT2D eigenvalue weighted by atomic mass is 32.1. The number of ether oxygens (including phenoxy) is 1. The quantitative estimate of drug-likeness (QED) is 0.233. The van der Waals surface area contributed by atoms with Crippen LogP contribution in [0.2, 0.25) is 0 Å². The zero-order valence-electron chi connectivity index (χ0n) is 23.6. The number of nitrogens with zero attached hydrogens (tertiary/aromatic N) is 3. The van der Waals surface area contributed by atoms with Crippen molar-refractivity contribution in [3.8, 4) is 17.1 Å². The Labute approximate surface area is 242 Å². The van der Waals surface area contributed by atoms with Crippen molar-refractivity contribution in [1.82, 2.24) is 24.9 Å². The van der Waals surface area contributed by atoms with Crippen molar-refractivity contribution in [3.05, 3.63) is 53.3 Å². The van der Waals surface area contributed by atoms with Crippen LogP contribution >= 0.6 is 11.3 Å². The lowest BCUT2D eigenvalue weighted by molar-refractivity contribution is 0.0950. The van der Waals surface area contributed by atoms with E-state index in [0.29, 0.717) is 47.0 Å². The summed E-state index contributed by atoms with van der Waals surface area (Å²) in [6, 6.07) is 11.2. The number of hydrogen-bond acceptors (Lipinski definition) is 6. The summed E-state index contributed by atoms with van der Waals surface area (Å²) in [6.45, 7) is 7.82. The van der Waals surface area contributed by atoms with Gasteiger partial charge in [-0.15, -0.1) is 0 Å². The van der Waals surface area contributed by atoms with Gasteiger partial charge in [0, 0.05) is 36.8 Å². The molecule has 1 amide bonds. The molecule has 10 heteroatoms. The number of rotatable bonds is 9. The largest absolute Gasteiger partial charge is 0.474 e. The number of aromatic nitrogens is 2. The van der Waals surface area contributed by atoms with Gasteiger partial charge in [-0.1, -0.05) is 17.4 Å². The average Bonchev–Trinajstić information content (AvgIpc) is 3.68. The molecule has 0 unspecified atom stereocenters. The van der Waals surface area contributed by atoms with E-state index >= 15 is 4.39 Å². The molecule has 0 aliphatic carbocycles. The molecule has 2 aromatic carbocycles. The zero-order valence-corrected chi connectivity index (χ0v) is 24.4. The second-order valence-corrected chi connectivity index (χ2v) is 12.4. The number of imidazole rings is 1. The molecular weight excluding hydrogens is 544 g/mol. The summed E-state index contributed by atoms with van der Waals surface area (Å²) in [5.41, 5.74) is 3.28. The predicted octanol–water partition coefficient (Wildman–Crippen LogP) is 6.12. The lowest BCUT2D eigenvalue weighted by Crippen LogP contribution is -2.36. The molecule has 6 rings (SSSR count). The first-order valence-corrected chi connectivity index (χ1v) is 15.5. The van der Waals surface area contributed by atoms with Gasteiger partial charge in [0.05, 0.1) is 16.3 Å². The third-order valence-electron chi connectivity index (χ3n) is 7.98. The Morgan fingerprint density at radius 2 is 2.02 bits per heavy atom. The van der Waals surface area contributed by atoms with Gasteiger partial charge in [0.15, 0.2) is 4.96 Å². The Morgan fingerprint density at radius 3 is 2.76 bits per heavy atom. The second-order valence-electron chi connectivity index (χ2n) is 11.3. The SMILES string of the molecule is CC(C)Oc1c(-c2ccc([C@@H]3CCCN3)cc2F)nc2sc3cc(C(=O)NCCCN4CCC(F)CC4)ccc3n12. The third-order valence-corrected chi connectivity index (χ3v) is 8.98. The molecular formula is C31H37F2N5O2S. The van der Waals surface area contributed by atoms with Crippen LogP contribution in [0.3, 0.4) is 0 Å². The molecule has 4 heterocycles. The first kappa shape index (κ1) is 28.1. The normalized spacial score (nSPS) is 18.6. The van der Waals surface area contributed by atoms with Gasteiger partial charge in [-0.3, -0.25) is 9.20 Å². The van der Waals surface area contributed by atoms with Crippen LogP contribution in [0.25, 0.3) is 26.4 Å². The molecule has 2 saturated heterocycles. The summed E-state index contributed by atoms with van der Waals surface area (Å²) in [4.78, 5) is 20.6. The highest BCUT2D eigenvalue weighted by Gasteiger charge is 2.25. The summed E-state index contributed by atoms with van der Waals surface area (Å²) in [6.07, 6.45) is 3.31. The molecule has 2 fully saturated rings. The van der Waals surface area contributed by atoms with E-state index in [4.69, 9.17) is 9.72 Å². The maximum Gasteiger partial charge on any atom is 0.251 e. The van der Waals surface area contributed by atoms with Gasteiger partial charge < -0.3 is 20.3 Å². The zero-order chi connectivity index (χ0) is 28.5. The number of hydrogen-bond donors (Lipinski definition) is 2. The van der Waals surface area contributed by atoms with Crippen molar-refractivity contribution in [2.24, 2.45) is 0 Å². The van der Waals surface area contributed by atoms with Crippen LogP contribution in [-0.2, 0) is 0 Å². The number of piperidine rings is 1. The first-order valence-electron chi connectivity index (χ1n) is 14.7. The Morgan fingerprint density at radius 1 is 1.20 bits per heavy atom. The molecule has 2 aromatic heterocycles. The minimum atomic E-state index is -0.674.